The van der Waals surface area contributed by atoms with Crippen molar-refractivity contribution in [2.24, 2.45) is 0 Å². The van der Waals surface area contributed by atoms with Crippen LogP contribution in [0.25, 0.3) is 0 Å². The van der Waals surface area contributed by atoms with Crippen LogP contribution in [0.15, 0.2) is 24.3 Å². The van der Waals surface area contributed by atoms with Crippen molar-refractivity contribution in [2.75, 3.05) is 18.6 Å². The molecule has 3 heteroatoms. The number of phenolic OH excluding ortho intramolecular Hbond substituents is 1. The molecule has 0 atom stereocenters. The summed E-state index contributed by atoms with van der Waals surface area (Å²) in [5.41, 5.74) is 0.974. The van der Waals surface area contributed by atoms with Gasteiger partial charge in [0, 0.05) is 12.1 Å². The van der Waals surface area contributed by atoms with E-state index < -0.39 is 0 Å². The van der Waals surface area contributed by atoms with Gasteiger partial charge in [0.1, 0.15) is 5.75 Å². The van der Waals surface area contributed by atoms with Gasteiger partial charge in [-0.15, -0.1) is 0 Å². The van der Waals surface area contributed by atoms with Crippen LogP contribution in [0, 0.1) is 0 Å². The van der Waals surface area contributed by atoms with E-state index in [1.54, 1.807) is 6.07 Å². The molecule has 0 aliphatic rings. The number of hydrogen-bond donors (Lipinski definition) is 2. The Hall–Kier alpha value is -0.670. The third kappa shape index (κ3) is 5.09. The minimum atomic E-state index is 0.383. The van der Waals surface area contributed by atoms with Gasteiger partial charge in [0.25, 0.3) is 0 Å². The molecule has 0 unspecified atom stereocenters. The molecule has 0 aromatic heterocycles. The molecule has 0 spiro atoms. The summed E-state index contributed by atoms with van der Waals surface area (Å²) in [7, 11) is 0. The number of phenols is 1. The van der Waals surface area contributed by atoms with E-state index in [4.69, 9.17) is 0 Å². The molecular formula is C12H19NOS. The van der Waals surface area contributed by atoms with Crippen molar-refractivity contribution in [2.45, 2.75) is 19.4 Å². The Labute approximate surface area is 96.1 Å². The fourth-order valence-corrected chi connectivity index (χ4v) is 1.87. The topological polar surface area (TPSA) is 32.3 Å². The van der Waals surface area contributed by atoms with Crippen LogP contribution in [0.3, 0.4) is 0 Å². The minimum Gasteiger partial charge on any atom is -0.508 e. The lowest BCUT2D eigenvalue weighted by Crippen LogP contribution is -2.14. The number of nitrogens with one attached hydrogen (secondary N) is 1. The van der Waals surface area contributed by atoms with E-state index in [2.05, 4.69) is 11.6 Å². The summed E-state index contributed by atoms with van der Waals surface area (Å²) in [6.45, 7) is 1.78. The molecule has 84 valence electrons. The van der Waals surface area contributed by atoms with Crippen LogP contribution >= 0.6 is 11.8 Å². The second kappa shape index (κ2) is 7.60. The molecule has 0 fully saturated rings. The molecule has 0 saturated carbocycles. The lowest BCUT2D eigenvalue weighted by Gasteiger charge is -2.06. The fourth-order valence-electron chi connectivity index (χ4n) is 1.38. The minimum absolute atomic E-state index is 0.383. The summed E-state index contributed by atoms with van der Waals surface area (Å²) in [4.78, 5) is 0. The molecule has 0 radical (unpaired) electrons. The van der Waals surface area contributed by atoms with Gasteiger partial charge in [0.2, 0.25) is 0 Å². The molecule has 0 amide bonds. The van der Waals surface area contributed by atoms with E-state index in [1.807, 2.05) is 30.0 Å². The van der Waals surface area contributed by atoms with Crippen LogP contribution in [-0.4, -0.2) is 23.7 Å². The second-order valence-electron chi connectivity index (χ2n) is 3.51. The molecule has 0 saturated heterocycles. The van der Waals surface area contributed by atoms with Crippen molar-refractivity contribution in [3.05, 3.63) is 29.8 Å². The van der Waals surface area contributed by atoms with Gasteiger partial charge >= 0.3 is 0 Å². The lowest BCUT2D eigenvalue weighted by atomic mass is 10.2. The number of thioether (sulfide) groups is 1. The van der Waals surface area contributed by atoms with Crippen LogP contribution in [0.4, 0.5) is 0 Å². The molecule has 1 aromatic rings. The van der Waals surface area contributed by atoms with E-state index in [1.165, 1.54) is 18.6 Å². The molecule has 2 N–H and O–H groups in total. The number of rotatable bonds is 7. The van der Waals surface area contributed by atoms with E-state index in [0.717, 1.165) is 18.7 Å². The van der Waals surface area contributed by atoms with Crippen molar-refractivity contribution in [3.63, 3.8) is 0 Å². The van der Waals surface area contributed by atoms with Crippen molar-refractivity contribution in [1.82, 2.24) is 5.32 Å². The van der Waals surface area contributed by atoms with Crippen molar-refractivity contribution in [1.29, 1.82) is 0 Å². The quantitative estimate of drug-likeness (QED) is 0.700. The Bertz CT molecular complexity index is 278. The number of aromatic hydroxyl groups is 1. The molecular weight excluding hydrogens is 206 g/mol. The summed E-state index contributed by atoms with van der Waals surface area (Å²) in [6.07, 6.45) is 4.60. The Morgan fingerprint density at radius 2 is 2.07 bits per heavy atom. The van der Waals surface area contributed by atoms with E-state index >= 15 is 0 Å². The molecule has 15 heavy (non-hydrogen) atoms. The number of benzene rings is 1. The molecule has 1 rings (SSSR count). The first-order valence-electron chi connectivity index (χ1n) is 5.31. The largest absolute Gasteiger partial charge is 0.508 e. The van der Waals surface area contributed by atoms with E-state index in [9.17, 15) is 5.11 Å². The van der Waals surface area contributed by atoms with Crippen molar-refractivity contribution in [3.8, 4) is 5.75 Å². The summed E-state index contributed by atoms with van der Waals surface area (Å²) in [6, 6.07) is 7.47. The van der Waals surface area contributed by atoms with Gasteiger partial charge in [-0.3, -0.25) is 0 Å². The maximum atomic E-state index is 9.51. The summed E-state index contributed by atoms with van der Waals surface area (Å²) >= 11 is 1.89. The third-order valence-electron chi connectivity index (χ3n) is 2.26. The predicted octanol–water partition coefficient (Wildman–Crippen LogP) is 2.63. The highest BCUT2D eigenvalue weighted by molar-refractivity contribution is 7.98. The highest BCUT2D eigenvalue weighted by Gasteiger charge is 1.97. The average Bonchev–Trinajstić information content (AvgIpc) is 2.25. The van der Waals surface area contributed by atoms with Crippen LogP contribution in [0.5, 0.6) is 5.75 Å². The Morgan fingerprint density at radius 3 is 2.80 bits per heavy atom. The average molecular weight is 225 g/mol. The molecule has 0 bridgehead atoms. The Balaban J connectivity index is 2.12. The SMILES string of the molecule is CSCCCCNCc1ccccc1O. The number of unbranched alkanes of at least 4 members (excludes halogenated alkanes) is 1. The van der Waals surface area contributed by atoms with Gasteiger partial charge in [-0.25, -0.2) is 0 Å². The number of hydrogen-bond acceptors (Lipinski definition) is 3. The maximum absolute atomic E-state index is 9.51. The van der Waals surface area contributed by atoms with Gasteiger partial charge in [0.15, 0.2) is 0 Å². The van der Waals surface area contributed by atoms with Gasteiger partial charge in [0.05, 0.1) is 0 Å². The molecule has 0 aliphatic carbocycles. The number of para-hydroxylation sites is 1. The maximum Gasteiger partial charge on any atom is 0.120 e. The first-order chi connectivity index (χ1) is 7.34. The summed E-state index contributed by atoms with van der Waals surface area (Å²) in [5.74, 6) is 1.62. The summed E-state index contributed by atoms with van der Waals surface area (Å²) in [5, 5.41) is 12.8. The van der Waals surface area contributed by atoms with Crippen LogP contribution < -0.4 is 5.32 Å². The van der Waals surface area contributed by atoms with Crippen LogP contribution in [0.1, 0.15) is 18.4 Å². The highest BCUT2D eigenvalue weighted by atomic mass is 32.2. The smallest absolute Gasteiger partial charge is 0.120 e. The van der Waals surface area contributed by atoms with Gasteiger partial charge in [-0.1, -0.05) is 18.2 Å². The highest BCUT2D eigenvalue weighted by Crippen LogP contribution is 2.14. The zero-order valence-corrected chi connectivity index (χ0v) is 10.0. The predicted molar refractivity (Wildman–Crippen MR) is 67.4 cm³/mol. The summed E-state index contributed by atoms with van der Waals surface area (Å²) < 4.78 is 0. The molecule has 0 aliphatic heterocycles. The fraction of sp³-hybridized carbons (Fsp3) is 0.500. The zero-order chi connectivity index (χ0) is 10.9. The zero-order valence-electron chi connectivity index (χ0n) is 9.20. The van der Waals surface area contributed by atoms with Crippen molar-refractivity contribution >= 4 is 11.8 Å². The van der Waals surface area contributed by atoms with Gasteiger partial charge in [-0.05, 0) is 37.5 Å². The van der Waals surface area contributed by atoms with E-state index in [-0.39, 0.29) is 0 Å². The van der Waals surface area contributed by atoms with Gasteiger partial charge < -0.3 is 10.4 Å². The first kappa shape index (κ1) is 12.4. The molecule has 2 nitrogen and oxygen atoms in total. The van der Waals surface area contributed by atoms with E-state index in [0.29, 0.717) is 5.75 Å². The third-order valence-corrected chi connectivity index (χ3v) is 2.96. The van der Waals surface area contributed by atoms with Crippen LogP contribution in [0.2, 0.25) is 0 Å². The normalized spacial score (nSPS) is 10.5. The lowest BCUT2D eigenvalue weighted by molar-refractivity contribution is 0.464. The molecule has 0 heterocycles. The van der Waals surface area contributed by atoms with Crippen LogP contribution in [-0.2, 0) is 6.54 Å². The first-order valence-corrected chi connectivity index (χ1v) is 6.70. The van der Waals surface area contributed by atoms with Crippen molar-refractivity contribution < 1.29 is 5.11 Å². The standard InChI is InChI=1S/C12H19NOS/c1-15-9-5-4-8-13-10-11-6-2-3-7-12(11)14/h2-3,6-7,13-14H,4-5,8-10H2,1H3. The Kier molecular flexibility index (Phi) is 6.28. The second-order valence-corrected chi connectivity index (χ2v) is 4.49. The Morgan fingerprint density at radius 1 is 1.27 bits per heavy atom. The molecule has 1 aromatic carbocycles. The monoisotopic (exact) mass is 225 g/mol. The van der Waals surface area contributed by atoms with Gasteiger partial charge in [-0.2, -0.15) is 11.8 Å².